The van der Waals surface area contributed by atoms with Crippen LogP contribution in [-0.2, 0) is 11.3 Å². The van der Waals surface area contributed by atoms with E-state index in [1.807, 2.05) is 39.8 Å². The van der Waals surface area contributed by atoms with Gasteiger partial charge in [-0.2, -0.15) is 0 Å². The van der Waals surface area contributed by atoms with Gasteiger partial charge in [0, 0.05) is 25.2 Å². The number of halogens is 1. The molecule has 5 nitrogen and oxygen atoms in total. The highest BCUT2D eigenvalue weighted by Crippen LogP contribution is 2.08. The van der Waals surface area contributed by atoms with E-state index < -0.39 is 6.04 Å². The second-order valence-electron chi connectivity index (χ2n) is 6.13. The number of rotatable bonds is 8. The molecule has 0 aromatic heterocycles. The fourth-order valence-corrected chi connectivity index (χ4v) is 2.39. The first-order valence-electron chi connectivity index (χ1n) is 8.30. The lowest BCUT2D eigenvalue weighted by Gasteiger charge is -2.18. The first-order valence-corrected chi connectivity index (χ1v) is 8.30. The third kappa shape index (κ3) is 6.89. The Hall–Kier alpha value is -1.59. The molecule has 0 radical (unpaired) electrons. The number of carbonyl (C=O) groups excluding carboxylic acids is 2. The highest BCUT2D eigenvalue weighted by atomic mass is 35.5. The predicted molar refractivity (Wildman–Crippen MR) is 100 cm³/mol. The Balaban J connectivity index is 0.00000529. The summed E-state index contributed by atoms with van der Waals surface area (Å²) in [7, 11) is 0. The van der Waals surface area contributed by atoms with Crippen molar-refractivity contribution in [3.63, 3.8) is 0 Å². The number of amides is 2. The molecule has 1 atom stereocenters. The Kier molecular flexibility index (Phi) is 10.3. The van der Waals surface area contributed by atoms with Crippen LogP contribution in [-0.4, -0.2) is 35.8 Å². The topological polar surface area (TPSA) is 75.4 Å². The van der Waals surface area contributed by atoms with E-state index in [1.165, 1.54) is 0 Å². The van der Waals surface area contributed by atoms with E-state index in [2.05, 4.69) is 5.32 Å². The van der Waals surface area contributed by atoms with E-state index in [0.29, 0.717) is 37.5 Å². The van der Waals surface area contributed by atoms with Crippen molar-refractivity contribution >= 4 is 24.2 Å². The summed E-state index contributed by atoms with van der Waals surface area (Å²) in [5.74, 6) is 0.285. The van der Waals surface area contributed by atoms with Crippen molar-refractivity contribution in [1.82, 2.24) is 10.2 Å². The van der Waals surface area contributed by atoms with Gasteiger partial charge >= 0.3 is 0 Å². The smallest absolute Gasteiger partial charge is 0.253 e. The van der Waals surface area contributed by atoms with Crippen LogP contribution in [0.2, 0.25) is 0 Å². The molecule has 0 aliphatic carbocycles. The van der Waals surface area contributed by atoms with Gasteiger partial charge in [0.1, 0.15) is 0 Å². The van der Waals surface area contributed by atoms with E-state index in [9.17, 15) is 9.59 Å². The maximum atomic E-state index is 12.2. The van der Waals surface area contributed by atoms with Crippen LogP contribution in [0, 0.1) is 5.92 Å². The van der Waals surface area contributed by atoms with Crippen LogP contribution in [0.15, 0.2) is 24.3 Å². The van der Waals surface area contributed by atoms with E-state index in [0.717, 1.165) is 5.56 Å². The van der Waals surface area contributed by atoms with Crippen molar-refractivity contribution in [3.05, 3.63) is 35.4 Å². The Bertz CT molecular complexity index is 514. The van der Waals surface area contributed by atoms with E-state index >= 15 is 0 Å². The van der Waals surface area contributed by atoms with Crippen molar-refractivity contribution in [3.8, 4) is 0 Å². The third-order valence-electron chi connectivity index (χ3n) is 3.78. The third-order valence-corrected chi connectivity index (χ3v) is 3.78. The van der Waals surface area contributed by atoms with Gasteiger partial charge < -0.3 is 16.0 Å². The lowest BCUT2D eigenvalue weighted by molar-refractivity contribution is -0.122. The molecular formula is C18H30ClN3O2. The average molecular weight is 356 g/mol. The van der Waals surface area contributed by atoms with Gasteiger partial charge in [0.05, 0.1) is 6.04 Å². The summed E-state index contributed by atoms with van der Waals surface area (Å²) in [6, 6.07) is 6.86. The second kappa shape index (κ2) is 11.0. The van der Waals surface area contributed by atoms with Gasteiger partial charge in [-0.1, -0.05) is 26.0 Å². The van der Waals surface area contributed by atoms with Crippen molar-refractivity contribution in [1.29, 1.82) is 0 Å². The zero-order chi connectivity index (χ0) is 17.4. The molecule has 3 N–H and O–H groups in total. The Labute approximate surface area is 151 Å². The van der Waals surface area contributed by atoms with Crippen molar-refractivity contribution in [2.75, 3.05) is 13.1 Å². The van der Waals surface area contributed by atoms with Crippen LogP contribution in [0.3, 0.4) is 0 Å². The van der Waals surface area contributed by atoms with Crippen molar-refractivity contribution in [2.45, 2.75) is 46.7 Å². The molecular weight excluding hydrogens is 326 g/mol. The summed E-state index contributed by atoms with van der Waals surface area (Å²) in [6.45, 7) is 9.82. The van der Waals surface area contributed by atoms with E-state index in [1.54, 1.807) is 17.0 Å². The molecule has 1 aromatic rings. The van der Waals surface area contributed by atoms with E-state index in [4.69, 9.17) is 5.73 Å². The SMILES string of the molecule is CCN(CC)C(=O)c1ccc(CNC(=O)[C@@H](N)CC(C)C)cc1.Cl. The number of hydrogen-bond acceptors (Lipinski definition) is 3. The van der Waals surface area contributed by atoms with Gasteiger partial charge in [0.15, 0.2) is 0 Å². The minimum atomic E-state index is -0.474. The highest BCUT2D eigenvalue weighted by molar-refractivity contribution is 5.94. The molecule has 24 heavy (non-hydrogen) atoms. The minimum Gasteiger partial charge on any atom is -0.351 e. The molecule has 0 unspecified atom stereocenters. The molecule has 0 bridgehead atoms. The Morgan fingerprint density at radius 1 is 1.12 bits per heavy atom. The Morgan fingerprint density at radius 2 is 1.67 bits per heavy atom. The largest absolute Gasteiger partial charge is 0.351 e. The molecule has 2 amide bonds. The number of carbonyl (C=O) groups is 2. The summed E-state index contributed by atoms with van der Waals surface area (Å²) in [5, 5.41) is 2.84. The molecule has 1 rings (SSSR count). The number of hydrogen-bond donors (Lipinski definition) is 2. The van der Waals surface area contributed by atoms with Crippen molar-refractivity contribution in [2.24, 2.45) is 11.7 Å². The minimum absolute atomic E-state index is 0. The molecule has 0 aliphatic heterocycles. The fraction of sp³-hybridized carbons (Fsp3) is 0.556. The van der Waals surface area contributed by atoms with Crippen molar-refractivity contribution < 1.29 is 9.59 Å². The number of benzene rings is 1. The summed E-state index contributed by atoms with van der Waals surface area (Å²) >= 11 is 0. The van der Waals surface area contributed by atoms with Crippen LogP contribution < -0.4 is 11.1 Å². The van der Waals surface area contributed by atoms with E-state index in [-0.39, 0.29) is 24.2 Å². The summed E-state index contributed by atoms with van der Waals surface area (Å²) in [6.07, 6.45) is 0.670. The van der Waals surface area contributed by atoms with Crippen LogP contribution >= 0.6 is 12.4 Å². The van der Waals surface area contributed by atoms with Gasteiger partial charge in [0.2, 0.25) is 5.91 Å². The average Bonchev–Trinajstić information content (AvgIpc) is 2.53. The normalized spacial score (nSPS) is 11.6. The zero-order valence-corrected chi connectivity index (χ0v) is 15.9. The number of nitrogens with two attached hydrogens (primary N) is 1. The first-order chi connectivity index (χ1) is 10.9. The molecule has 136 valence electrons. The van der Waals surface area contributed by atoms with Gasteiger partial charge in [-0.15, -0.1) is 12.4 Å². The standard InChI is InChI=1S/C18H29N3O2.ClH/c1-5-21(6-2)18(23)15-9-7-14(8-10-15)12-20-17(22)16(19)11-13(3)4;/h7-10,13,16H,5-6,11-12,19H2,1-4H3,(H,20,22);1H/t16-;/m0./s1. The quantitative estimate of drug-likeness (QED) is 0.752. The number of nitrogens with zero attached hydrogens (tertiary/aromatic N) is 1. The maximum Gasteiger partial charge on any atom is 0.253 e. The lowest BCUT2D eigenvalue weighted by atomic mass is 10.0. The Morgan fingerprint density at radius 3 is 2.12 bits per heavy atom. The maximum absolute atomic E-state index is 12.2. The number of nitrogens with one attached hydrogen (secondary N) is 1. The molecule has 0 saturated carbocycles. The first kappa shape index (κ1) is 22.4. The van der Waals surface area contributed by atoms with Crippen LogP contribution in [0.5, 0.6) is 0 Å². The van der Waals surface area contributed by atoms with Crippen LogP contribution in [0.25, 0.3) is 0 Å². The molecule has 0 spiro atoms. The summed E-state index contributed by atoms with van der Waals surface area (Å²) < 4.78 is 0. The lowest BCUT2D eigenvalue weighted by Crippen LogP contribution is -2.41. The summed E-state index contributed by atoms with van der Waals surface area (Å²) in [4.78, 5) is 25.9. The van der Waals surface area contributed by atoms with Gasteiger partial charge in [-0.05, 0) is 43.9 Å². The predicted octanol–water partition coefficient (Wildman–Crippen LogP) is 2.58. The highest BCUT2D eigenvalue weighted by Gasteiger charge is 2.15. The van der Waals surface area contributed by atoms with Gasteiger partial charge in [-0.25, -0.2) is 0 Å². The van der Waals surface area contributed by atoms with Gasteiger partial charge in [-0.3, -0.25) is 9.59 Å². The fourth-order valence-electron chi connectivity index (χ4n) is 2.39. The van der Waals surface area contributed by atoms with Crippen LogP contribution in [0.1, 0.15) is 50.0 Å². The van der Waals surface area contributed by atoms with Crippen LogP contribution in [0.4, 0.5) is 0 Å². The monoisotopic (exact) mass is 355 g/mol. The summed E-state index contributed by atoms with van der Waals surface area (Å²) in [5.41, 5.74) is 7.46. The molecule has 0 heterocycles. The second-order valence-corrected chi connectivity index (χ2v) is 6.13. The zero-order valence-electron chi connectivity index (χ0n) is 15.0. The molecule has 1 aromatic carbocycles. The molecule has 0 aliphatic rings. The molecule has 0 fully saturated rings. The van der Waals surface area contributed by atoms with Gasteiger partial charge in [0.25, 0.3) is 5.91 Å². The molecule has 6 heteroatoms. The molecule has 0 saturated heterocycles.